The lowest BCUT2D eigenvalue weighted by atomic mass is 10.3. The minimum absolute atomic E-state index is 0.274. The van der Waals surface area contributed by atoms with Crippen LogP contribution < -0.4 is 10.6 Å². The SMILES string of the molecule is CCn1ncc(NC(=S)Nc2ccc(F)cc2)c1C. The third-order valence-corrected chi connectivity index (χ3v) is 2.96. The molecule has 0 atom stereocenters. The highest BCUT2D eigenvalue weighted by Crippen LogP contribution is 2.14. The van der Waals surface area contributed by atoms with E-state index in [-0.39, 0.29) is 5.82 Å². The number of thiocarbonyl (C=S) groups is 1. The van der Waals surface area contributed by atoms with Crippen LogP contribution in [0.5, 0.6) is 0 Å². The Kier molecular flexibility index (Phi) is 4.11. The fourth-order valence-corrected chi connectivity index (χ4v) is 1.93. The summed E-state index contributed by atoms with van der Waals surface area (Å²) in [6, 6.07) is 6.02. The number of aryl methyl sites for hydroxylation is 1. The van der Waals surface area contributed by atoms with Crippen molar-refractivity contribution in [3.63, 3.8) is 0 Å². The summed E-state index contributed by atoms with van der Waals surface area (Å²) >= 11 is 5.20. The summed E-state index contributed by atoms with van der Waals surface area (Å²) in [7, 11) is 0. The van der Waals surface area contributed by atoms with Crippen molar-refractivity contribution >= 4 is 28.7 Å². The highest BCUT2D eigenvalue weighted by molar-refractivity contribution is 7.80. The van der Waals surface area contributed by atoms with Gasteiger partial charge in [0.05, 0.1) is 17.6 Å². The van der Waals surface area contributed by atoms with Gasteiger partial charge in [-0.05, 0) is 50.3 Å². The molecule has 0 bridgehead atoms. The molecule has 0 aliphatic carbocycles. The number of nitrogens with zero attached hydrogens (tertiary/aromatic N) is 2. The van der Waals surface area contributed by atoms with Crippen LogP contribution >= 0.6 is 12.2 Å². The lowest BCUT2D eigenvalue weighted by molar-refractivity contribution is 0.628. The van der Waals surface area contributed by atoms with Crippen molar-refractivity contribution in [3.05, 3.63) is 42.0 Å². The van der Waals surface area contributed by atoms with Crippen LogP contribution in [0.25, 0.3) is 0 Å². The molecule has 0 aliphatic rings. The number of aromatic nitrogens is 2. The Bertz CT molecular complexity index is 577. The summed E-state index contributed by atoms with van der Waals surface area (Å²) in [6.45, 7) is 4.81. The van der Waals surface area contributed by atoms with Gasteiger partial charge in [0, 0.05) is 12.2 Å². The van der Waals surface area contributed by atoms with E-state index in [2.05, 4.69) is 15.7 Å². The van der Waals surface area contributed by atoms with Gasteiger partial charge >= 0.3 is 0 Å². The van der Waals surface area contributed by atoms with Gasteiger partial charge in [0.15, 0.2) is 5.11 Å². The van der Waals surface area contributed by atoms with Gasteiger partial charge < -0.3 is 10.6 Å². The van der Waals surface area contributed by atoms with E-state index in [4.69, 9.17) is 12.2 Å². The zero-order valence-corrected chi connectivity index (χ0v) is 11.6. The predicted molar refractivity (Wildman–Crippen MR) is 78.9 cm³/mol. The van der Waals surface area contributed by atoms with Crippen LogP contribution in [0.1, 0.15) is 12.6 Å². The Hall–Kier alpha value is -1.95. The number of halogens is 1. The van der Waals surface area contributed by atoms with E-state index in [1.54, 1.807) is 18.3 Å². The second-order valence-electron chi connectivity index (χ2n) is 4.05. The molecule has 1 aromatic heterocycles. The highest BCUT2D eigenvalue weighted by atomic mass is 32.1. The van der Waals surface area contributed by atoms with Crippen LogP contribution in [0.2, 0.25) is 0 Å². The maximum atomic E-state index is 12.8. The lowest BCUT2D eigenvalue weighted by Crippen LogP contribution is -2.19. The minimum atomic E-state index is -0.274. The summed E-state index contributed by atoms with van der Waals surface area (Å²) < 4.78 is 14.7. The largest absolute Gasteiger partial charge is 0.332 e. The Morgan fingerprint density at radius 1 is 1.32 bits per heavy atom. The first-order valence-corrected chi connectivity index (χ1v) is 6.37. The topological polar surface area (TPSA) is 41.9 Å². The molecule has 2 rings (SSSR count). The third kappa shape index (κ3) is 3.29. The number of benzene rings is 1. The summed E-state index contributed by atoms with van der Waals surface area (Å²) in [6.07, 6.45) is 1.73. The lowest BCUT2D eigenvalue weighted by Gasteiger charge is -2.10. The molecule has 1 heterocycles. The second-order valence-corrected chi connectivity index (χ2v) is 4.45. The highest BCUT2D eigenvalue weighted by Gasteiger charge is 2.06. The van der Waals surface area contributed by atoms with Crippen molar-refractivity contribution in [1.29, 1.82) is 0 Å². The van der Waals surface area contributed by atoms with E-state index in [9.17, 15) is 4.39 Å². The Morgan fingerprint density at radius 2 is 2.00 bits per heavy atom. The maximum absolute atomic E-state index is 12.8. The van der Waals surface area contributed by atoms with Gasteiger partial charge in [-0.25, -0.2) is 4.39 Å². The minimum Gasteiger partial charge on any atom is -0.332 e. The molecule has 2 N–H and O–H groups in total. The van der Waals surface area contributed by atoms with Crippen LogP contribution in [0, 0.1) is 12.7 Å². The molecular formula is C13H15FN4S. The number of hydrogen-bond acceptors (Lipinski definition) is 2. The van der Waals surface area contributed by atoms with Crippen molar-refractivity contribution in [1.82, 2.24) is 9.78 Å². The molecule has 0 fully saturated rings. The average molecular weight is 278 g/mol. The first-order valence-electron chi connectivity index (χ1n) is 5.96. The molecule has 19 heavy (non-hydrogen) atoms. The third-order valence-electron chi connectivity index (χ3n) is 2.75. The maximum Gasteiger partial charge on any atom is 0.175 e. The van der Waals surface area contributed by atoms with Crippen molar-refractivity contribution in [2.45, 2.75) is 20.4 Å². The standard InChI is InChI=1S/C13H15FN4S/c1-3-18-9(2)12(8-15-18)17-13(19)16-11-6-4-10(14)5-7-11/h4-8H,3H2,1-2H3,(H2,16,17,19). The molecule has 0 saturated heterocycles. The zero-order chi connectivity index (χ0) is 13.8. The number of hydrogen-bond donors (Lipinski definition) is 2. The first-order chi connectivity index (χ1) is 9.10. The quantitative estimate of drug-likeness (QED) is 0.846. The molecule has 0 radical (unpaired) electrons. The summed E-state index contributed by atoms with van der Waals surface area (Å²) in [5, 5.41) is 10.7. The normalized spacial score (nSPS) is 10.3. The van der Waals surface area contributed by atoms with Gasteiger partial charge in [0.25, 0.3) is 0 Å². The van der Waals surface area contributed by atoms with Crippen LogP contribution in [-0.2, 0) is 6.54 Å². The van der Waals surface area contributed by atoms with Crippen molar-refractivity contribution < 1.29 is 4.39 Å². The van der Waals surface area contributed by atoms with E-state index in [0.29, 0.717) is 5.11 Å². The van der Waals surface area contributed by atoms with Gasteiger partial charge in [-0.1, -0.05) is 0 Å². The summed E-state index contributed by atoms with van der Waals surface area (Å²) in [4.78, 5) is 0. The smallest absolute Gasteiger partial charge is 0.175 e. The molecule has 2 aromatic rings. The van der Waals surface area contributed by atoms with Gasteiger partial charge in [0.1, 0.15) is 5.82 Å². The van der Waals surface area contributed by atoms with Gasteiger partial charge in [0.2, 0.25) is 0 Å². The van der Waals surface area contributed by atoms with E-state index in [1.165, 1.54) is 12.1 Å². The van der Waals surface area contributed by atoms with Gasteiger partial charge in [-0.2, -0.15) is 5.10 Å². The van der Waals surface area contributed by atoms with Gasteiger partial charge in [-0.15, -0.1) is 0 Å². The number of rotatable bonds is 3. The fourth-order valence-electron chi connectivity index (χ4n) is 1.71. The predicted octanol–water partition coefficient (Wildman–Crippen LogP) is 3.16. The molecule has 4 nitrogen and oxygen atoms in total. The molecule has 0 saturated carbocycles. The average Bonchev–Trinajstić information content (AvgIpc) is 2.73. The molecule has 0 aliphatic heterocycles. The molecule has 100 valence electrons. The van der Waals surface area contributed by atoms with Crippen LogP contribution in [0.4, 0.5) is 15.8 Å². The monoisotopic (exact) mass is 278 g/mol. The zero-order valence-electron chi connectivity index (χ0n) is 10.8. The first kappa shape index (κ1) is 13.5. The van der Waals surface area contributed by atoms with E-state index < -0.39 is 0 Å². The van der Waals surface area contributed by atoms with Crippen molar-refractivity contribution in [2.75, 3.05) is 10.6 Å². The van der Waals surface area contributed by atoms with Crippen LogP contribution in [-0.4, -0.2) is 14.9 Å². The Balaban J connectivity index is 2.01. The van der Waals surface area contributed by atoms with E-state index in [1.807, 2.05) is 18.5 Å². The second kappa shape index (κ2) is 5.79. The summed E-state index contributed by atoms with van der Waals surface area (Å²) in [5.41, 5.74) is 2.62. The van der Waals surface area contributed by atoms with Gasteiger partial charge in [-0.3, -0.25) is 4.68 Å². The molecule has 6 heteroatoms. The molecule has 0 amide bonds. The van der Waals surface area contributed by atoms with E-state index in [0.717, 1.165) is 23.6 Å². The van der Waals surface area contributed by atoms with Crippen LogP contribution in [0.15, 0.2) is 30.5 Å². The molecule has 0 spiro atoms. The van der Waals surface area contributed by atoms with E-state index >= 15 is 0 Å². The van der Waals surface area contributed by atoms with Crippen molar-refractivity contribution in [2.24, 2.45) is 0 Å². The number of anilines is 2. The Labute approximate surface area is 116 Å². The fraction of sp³-hybridized carbons (Fsp3) is 0.231. The van der Waals surface area contributed by atoms with Crippen LogP contribution in [0.3, 0.4) is 0 Å². The summed E-state index contributed by atoms with van der Waals surface area (Å²) in [5.74, 6) is -0.274. The molecule has 1 aromatic carbocycles. The van der Waals surface area contributed by atoms with Crippen molar-refractivity contribution in [3.8, 4) is 0 Å². The molecular weight excluding hydrogens is 263 g/mol. The number of nitrogens with one attached hydrogen (secondary N) is 2. The Morgan fingerprint density at radius 3 is 2.58 bits per heavy atom. The molecule has 0 unspecified atom stereocenters.